The van der Waals surface area contributed by atoms with E-state index in [0.29, 0.717) is 12.5 Å². The fourth-order valence-electron chi connectivity index (χ4n) is 1.67. The van der Waals surface area contributed by atoms with E-state index in [9.17, 15) is 0 Å². The summed E-state index contributed by atoms with van der Waals surface area (Å²) in [5.74, 6) is 1.35. The van der Waals surface area contributed by atoms with Gasteiger partial charge in [-0.1, -0.05) is 30.3 Å². The molecule has 0 fully saturated rings. The zero-order valence-corrected chi connectivity index (χ0v) is 12.5. The minimum absolute atomic E-state index is 0.511. The molecule has 1 nitrogen and oxygen atoms in total. The highest BCUT2D eigenvalue weighted by Gasteiger charge is 2.04. The van der Waals surface area contributed by atoms with E-state index in [1.807, 2.05) is 30.3 Å². The summed E-state index contributed by atoms with van der Waals surface area (Å²) >= 11 is 9.28. The van der Waals surface area contributed by atoms with Gasteiger partial charge >= 0.3 is 0 Å². The van der Waals surface area contributed by atoms with Gasteiger partial charge in [-0.2, -0.15) is 0 Å². The second-order valence-corrected chi connectivity index (χ2v) is 5.24. The van der Waals surface area contributed by atoms with E-state index >= 15 is 0 Å². The quantitative estimate of drug-likeness (QED) is 0.713. The maximum atomic E-state index is 5.81. The molecule has 0 aliphatic rings. The number of rotatable bonds is 4. The molecule has 2 aromatic rings. The van der Waals surface area contributed by atoms with Crippen molar-refractivity contribution in [1.82, 2.24) is 0 Å². The summed E-state index contributed by atoms with van der Waals surface area (Å²) in [7, 11) is 0. The van der Waals surface area contributed by atoms with E-state index in [2.05, 4.69) is 35.0 Å². The van der Waals surface area contributed by atoms with E-state index in [0.717, 1.165) is 15.8 Å². The number of hydrogen-bond acceptors (Lipinski definition) is 1. The zero-order valence-electron chi connectivity index (χ0n) is 10.1. The summed E-state index contributed by atoms with van der Waals surface area (Å²) in [4.78, 5) is 0. The van der Waals surface area contributed by atoms with E-state index in [-0.39, 0.29) is 0 Å². The molecule has 0 amide bonds. The topological polar surface area (TPSA) is 9.23 Å². The first-order chi connectivity index (χ1) is 8.70. The van der Waals surface area contributed by atoms with Gasteiger partial charge in [0.25, 0.3) is 0 Å². The molecule has 0 bridgehead atoms. The van der Waals surface area contributed by atoms with Crippen LogP contribution in [0.5, 0.6) is 5.75 Å². The lowest BCUT2D eigenvalue weighted by Gasteiger charge is -2.10. The van der Waals surface area contributed by atoms with E-state index in [1.165, 1.54) is 11.1 Å². The van der Waals surface area contributed by atoms with Gasteiger partial charge in [0.1, 0.15) is 12.4 Å². The van der Waals surface area contributed by atoms with Crippen LogP contribution in [-0.4, -0.2) is 0 Å². The molecule has 18 heavy (non-hydrogen) atoms. The van der Waals surface area contributed by atoms with Gasteiger partial charge in [-0.05, 0) is 51.7 Å². The van der Waals surface area contributed by atoms with Crippen LogP contribution in [0.3, 0.4) is 0 Å². The van der Waals surface area contributed by atoms with Crippen LogP contribution in [0.4, 0.5) is 0 Å². The summed E-state index contributed by atoms with van der Waals surface area (Å²) in [5, 5.41) is 0. The van der Waals surface area contributed by atoms with Crippen LogP contribution in [-0.2, 0) is 12.5 Å². The van der Waals surface area contributed by atoms with Crippen molar-refractivity contribution in [2.24, 2.45) is 0 Å². The predicted octanol–water partition coefficient (Wildman–Crippen LogP) is 5.08. The molecule has 0 aliphatic heterocycles. The zero-order chi connectivity index (χ0) is 13.0. The highest BCUT2D eigenvalue weighted by atomic mass is 79.9. The molecule has 94 valence electrons. The fraction of sp³-hybridized carbons (Fsp3) is 0.200. The van der Waals surface area contributed by atoms with Crippen LogP contribution in [0.1, 0.15) is 16.7 Å². The van der Waals surface area contributed by atoms with Crippen LogP contribution >= 0.6 is 27.5 Å². The summed E-state index contributed by atoms with van der Waals surface area (Å²) in [5.41, 5.74) is 3.52. The molecule has 2 aromatic carbocycles. The van der Waals surface area contributed by atoms with Gasteiger partial charge in [-0.3, -0.25) is 0 Å². The molecule has 0 N–H and O–H groups in total. The van der Waals surface area contributed by atoms with E-state index in [4.69, 9.17) is 16.3 Å². The normalized spacial score (nSPS) is 10.4. The number of halogens is 2. The Kier molecular flexibility index (Phi) is 4.67. The third kappa shape index (κ3) is 3.27. The first-order valence-electron chi connectivity index (χ1n) is 5.72. The smallest absolute Gasteiger partial charge is 0.134 e. The van der Waals surface area contributed by atoms with Gasteiger partial charge in [0.2, 0.25) is 0 Å². The third-order valence-corrected chi connectivity index (χ3v) is 3.72. The van der Waals surface area contributed by atoms with Crippen molar-refractivity contribution in [1.29, 1.82) is 0 Å². The Morgan fingerprint density at radius 2 is 1.94 bits per heavy atom. The molecule has 0 aliphatic carbocycles. The predicted molar refractivity (Wildman–Crippen MR) is 79.2 cm³/mol. The molecule has 0 aromatic heterocycles. The van der Waals surface area contributed by atoms with Gasteiger partial charge in [-0.25, -0.2) is 0 Å². The van der Waals surface area contributed by atoms with Crippen molar-refractivity contribution in [2.45, 2.75) is 19.4 Å². The maximum Gasteiger partial charge on any atom is 0.134 e. The average Bonchev–Trinajstić information content (AvgIpc) is 2.39. The van der Waals surface area contributed by atoms with Crippen molar-refractivity contribution in [3.8, 4) is 5.75 Å². The van der Waals surface area contributed by atoms with Crippen LogP contribution in [0.15, 0.2) is 46.9 Å². The fourth-order valence-corrected chi connectivity index (χ4v) is 2.38. The van der Waals surface area contributed by atoms with Gasteiger partial charge in [0.05, 0.1) is 4.47 Å². The molecule has 0 radical (unpaired) electrons. The highest BCUT2D eigenvalue weighted by molar-refractivity contribution is 9.10. The Labute approximate surface area is 121 Å². The third-order valence-electron chi connectivity index (χ3n) is 2.80. The summed E-state index contributed by atoms with van der Waals surface area (Å²) in [6.07, 6.45) is 0. The molecule has 0 saturated heterocycles. The number of alkyl halides is 1. The first kappa shape index (κ1) is 13.4. The number of aryl methyl sites for hydroxylation is 1. The molecule has 0 spiro atoms. The number of benzene rings is 2. The minimum atomic E-state index is 0.511. The molecule has 0 unspecified atom stereocenters. The Morgan fingerprint density at radius 3 is 2.61 bits per heavy atom. The number of hydrogen-bond donors (Lipinski definition) is 0. The molecule has 0 heterocycles. The lowest BCUT2D eigenvalue weighted by atomic mass is 10.1. The van der Waals surface area contributed by atoms with Gasteiger partial charge in [0.15, 0.2) is 0 Å². The van der Waals surface area contributed by atoms with Crippen LogP contribution in [0.2, 0.25) is 0 Å². The van der Waals surface area contributed by atoms with Gasteiger partial charge in [-0.15, -0.1) is 11.6 Å². The van der Waals surface area contributed by atoms with Crippen LogP contribution in [0.25, 0.3) is 0 Å². The van der Waals surface area contributed by atoms with Crippen molar-refractivity contribution >= 4 is 27.5 Å². The first-order valence-corrected chi connectivity index (χ1v) is 7.05. The molecular weight excluding hydrogens is 312 g/mol. The Balaban J connectivity index is 2.09. The lowest BCUT2D eigenvalue weighted by Crippen LogP contribution is -1.98. The van der Waals surface area contributed by atoms with Crippen molar-refractivity contribution in [3.63, 3.8) is 0 Å². The largest absolute Gasteiger partial charge is 0.488 e. The van der Waals surface area contributed by atoms with Crippen LogP contribution < -0.4 is 4.74 Å². The van der Waals surface area contributed by atoms with Gasteiger partial charge in [0, 0.05) is 5.88 Å². The molecule has 2 rings (SSSR count). The maximum absolute atomic E-state index is 5.81. The number of ether oxygens (including phenoxy) is 1. The molecular formula is C15H14BrClO. The Bertz CT molecular complexity index is 540. The molecule has 3 heteroatoms. The lowest BCUT2D eigenvalue weighted by molar-refractivity contribution is 0.303. The summed E-state index contributed by atoms with van der Waals surface area (Å²) in [6, 6.07) is 14.1. The molecule has 0 atom stereocenters. The second kappa shape index (κ2) is 6.26. The highest BCUT2D eigenvalue weighted by Crippen LogP contribution is 2.27. The minimum Gasteiger partial charge on any atom is -0.488 e. The second-order valence-electron chi connectivity index (χ2n) is 4.11. The van der Waals surface area contributed by atoms with Crippen molar-refractivity contribution in [3.05, 3.63) is 63.6 Å². The van der Waals surface area contributed by atoms with Crippen molar-refractivity contribution < 1.29 is 4.74 Å². The van der Waals surface area contributed by atoms with E-state index < -0.39 is 0 Å². The average molecular weight is 326 g/mol. The van der Waals surface area contributed by atoms with E-state index in [1.54, 1.807) is 0 Å². The van der Waals surface area contributed by atoms with Crippen molar-refractivity contribution in [2.75, 3.05) is 0 Å². The SMILES string of the molecule is Cc1ccccc1COc1ccc(CCl)cc1Br. The monoisotopic (exact) mass is 324 g/mol. The Hall–Kier alpha value is -0.990. The standard InChI is InChI=1S/C15H14BrClO/c1-11-4-2-3-5-13(11)10-18-15-7-6-12(9-17)8-14(15)16/h2-8H,9-10H2,1H3. The molecule has 0 saturated carbocycles. The summed E-state index contributed by atoms with van der Waals surface area (Å²) in [6.45, 7) is 2.66. The Morgan fingerprint density at radius 1 is 1.17 bits per heavy atom. The summed E-state index contributed by atoms with van der Waals surface area (Å²) < 4.78 is 6.75. The van der Waals surface area contributed by atoms with Gasteiger partial charge < -0.3 is 4.74 Å². The van der Waals surface area contributed by atoms with Crippen LogP contribution in [0, 0.1) is 6.92 Å².